The molecule has 10 heteroatoms. The highest BCUT2D eigenvalue weighted by Gasteiger charge is 2.34. The molecule has 6 nitrogen and oxygen atoms in total. The van der Waals surface area contributed by atoms with Crippen LogP contribution in [-0.2, 0) is 20.9 Å². The van der Waals surface area contributed by atoms with Crippen LogP contribution in [0.5, 0.6) is 0 Å². The smallest absolute Gasteiger partial charge is 0.416 e. The average molecular weight is 408 g/mol. The summed E-state index contributed by atoms with van der Waals surface area (Å²) in [6.45, 7) is 5.39. The van der Waals surface area contributed by atoms with E-state index in [2.05, 4.69) is 5.32 Å². The van der Waals surface area contributed by atoms with Crippen molar-refractivity contribution in [3.05, 3.63) is 29.8 Å². The van der Waals surface area contributed by atoms with Crippen LogP contribution in [0.25, 0.3) is 0 Å². The number of sulfonamides is 1. The number of amides is 1. The number of hydrogen-bond donors (Lipinski definition) is 1. The van der Waals surface area contributed by atoms with Crippen molar-refractivity contribution in [3.63, 3.8) is 0 Å². The van der Waals surface area contributed by atoms with E-state index in [0.717, 1.165) is 22.5 Å². The number of piperidine rings is 1. The zero-order chi connectivity index (χ0) is 20.5. The summed E-state index contributed by atoms with van der Waals surface area (Å²) in [6.07, 6.45) is -4.51. The number of nitrogens with one attached hydrogen (secondary N) is 1. The zero-order valence-corrected chi connectivity index (χ0v) is 16.2. The first-order chi connectivity index (χ1) is 12.3. The van der Waals surface area contributed by atoms with Gasteiger partial charge in [0.25, 0.3) is 0 Å². The Kier molecular flexibility index (Phi) is 6.10. The molecule has 1 N–H and O–H groups in total. The Hall–Kier alpha value is -1.81. The van der Waals surface area contributed by atoms with Crippen LogP contribution in [0.15, 0.2) is 29.2 Å². The SMILES string of the molecule is CC(C)(C)OC(=O)NC1CCN(S(=O)(=O)c2cccc(C(F)(F)F)c2)CC1. The molecule has 0 aliphatic carbocycles. The second-order valence-electron chi connectivity index (χ2n) is 7.35. The third-order valence-electron chi connectivity index (χ3n) is 3.97. The number of rotatable bonds is 3. The van der Waals surface area contributed by atoms with Crippen molar-refractivity contribution < 1.29 is 31.1 Å². The Labute approximate surface area is 156 Å². The highest BCUT2D eigenvalue weighted by molar-refractivity contribution is 7.89. The van der Waals surface area contributed by atoms with Crippen molar-refractivity contribution in [2.24, 2.45) is 0 Å². The summed E-state index contributed by atoms with van der Waals surface area (Å²) in [5.74, 6) is 0. The average Bonchev–Trinajstić information content (AvgIpc) is 2.53. The molecule has 1 aliphatic heterocycles. The van der Waals surface area contributed by atoms with Gasteiger partial charge in [0.1, 0.15) is 5.60 Å². The Morgan fingerprint density at radius 2 is 1.78 bits per heavy atom. The number of hydrogen-bond acceptors (Lipinski definition) is 4. The molecule has 0 aromatic heterocycles. The van der Waals surface area contributed by atoms with Gasteiger partial charge in [0.2, 0.25) is 10.0 Å². The monoisotopic (exact) mass is 408 g/mol. The van der Waals surface area contributed by atoms with E-state index < -0.39 is 38.4 Å². The third kappa shape index (κ3) is 5.83. The van der Waals surface area contributed by atoms with E-state index in [1.54, 1.807) is 20.8 Å². The van der Waals surface area contributed by atoms with Gasteiger partial charge in [-0.05, 0) is 51.8 Å². The van der Waals surface area contributed by atoms with E-state index in [1.165, 1.54) is 0 Å². The van der Waals surface area contributed by atoms with Crippen molar-refractivity contribution in [2.45, 2.75) is 56.3 Å². The van der Waals surface area contributed by atoms with Gasteiger partial charge >= 0.3 is 12.3 Å². The third-order valence-corrected chi connectivity index (χ3v) is 5.87. The summed E-state index contributed by atoms with van der Waals surface area (Å²) in [5.41, 5.74) is -1.65. The van der Waals surface area contributed by atoms with Crippen LogP contribution < -0.4 is 5.32 Å². The lowest BCUT2D eigenvalue weighted by atomic mass is 10.1. The van der Waals surface area contributed by atoms with Crippen LogP contribution in [0, 0.1) is 0 Å². The van der Waals surface area contributed by atoms with Crippen LogP contribution >= 0.6 is 0 Å². The number of ether oxygens (including phenoxy) is 1. The molecular weight excluding hydrogens is 385 g/mol. The molecule has 0 spiro atoms. The second kappa shape index (κ2) is 7.67. The molecule has 2 rings (SSSR count). The van der Waals surface area contributed by atoms with Gasteiger partial charge in [0.15, 0.2) is 0 Å². The molecule has 1 heterocycles. The Bertz CT molecular complexity index is 780. The van der Waals surface area contributed by atoms with Gasteiger partial charge in [0.05, 0.1) is 10.5 Å². The fourth-order valence-electron chi connectivity index (χ4n) is 2.70. The number of benzene rings is 1. The number of carbonyl (C=O) groups is 1. The predicted molar refractivity (Wildman–Crippen MR) is 92.6 cm³/mol. The van der Waals surface area contributed by atoms with Crippen molar-refractivity contribution in [1.82, 2.24) is 9.62 Å². The second-order valence-corrected chi connectivity index (χ2v) is 9.29. The molecule has 1 aromatic rings. The summed E-state index contributed by atoms with van der Waals surface area (Å²) in [7, 11) is -4.04. The van der Waals surface area contributed by atoms with Gasteiger partial charge in [-0.15, -0.1) is 0 Å². The topological polar surface area (TPSA) is 75.7 Å². The predicted octanol–water partition coefficient (Wildman–Crippen LogP) is 3.38. The van der Waals surface area contributed by atoms with Crippen LogP contribution in [0.4, 0.5) is 18.0 Å². The van der Waals surface area contributed by atoms with Crippen LogP contribution in [0.3, 0.4) is 0 Å². The van der Waals surface area contributed by atoms with Gasteiger partial charge in [-0.3, -0.25) is 0 Å². The minimum atomic E-state index is -4.62. The van der Waals surface area contributed by atoms with Gasteiger partial charge in [0, 0.05) is 19.1 Å². The molecule has 1 amide bonds. The highest BCUT2D eigenvalue weighted by atomic mass is 32.2. The first-order valence-corrected chi connectivity index (χ1v) is 9.90. The lowest BCUT2D eigenvalue weighted by Gasteiger charge is -2.32. The molecule has 27 heavy (non-hydrogen) atoms. The molecule has 0 saturated carbocycles. The minimum Gasteiger partial charge on any atom is -0.444 e. The van der Waals surface area contributed by atoms with Crippen LogP contribution in [-0.4, -0.2) is 43.5 Å². The van der Waals surface area contributed by atoms with Crippen molar-refractivity contribution >= 4 is 16.1 Å². The Morgan fingerprint density at radius 3 is 2.30 bits per heavy atom. The molecule has 0 radical (unpaired) electrons. The van der Waals surface area contributed by atoms with Gasteiger partial charge < -0.3 is 10.1 Å². The van der Waals surface area contributed by atoms with E-state index >= 15 is 0 Å². The van der Waals surface area contributed by atoms with Crippen LogP contribution in [0.1, 0.15) is 39.2 Å². The molecule has 1 saturated heterocycles. The summed E-state index contributed by atoms with van der Waals surface area (Å²) < 4.78 is 70.0. The van der Waals surface area contributed by atoms with Crippen molar-refractivity contribution in [3.8, 4) is 0 Å². The molecule has 1 aliphatic rings. The van der Waals surface area contributed by atoms with E-state index in [0.29, 0.717) is 18.9 Å². The first-order valence-electron chi connectivity index (χ1n) is 8.46. The molecule has 1 aromatic carbocycles. The van der Waals surface area contributed by atoms with Crippen molar-refractivity contribution in [1.29, 1.82) is 0 Å². The Morgan fingerprint density at radius 1 is 1.19 bits per heavy atom. The van der Waals surface area contributed by atoms with Crippen molar-refractivity contribution in [2.75, 3.05) is 13.1 Å². The largest absolute Gasteiger partial charge is 0.444 e. The first kappa shape index (κ1) is 21.5. The maximum atomic E-state index is 12.8. The number of halogens is 3. The fraction of sp³-hybridized carbons (Fsp3) is 0.588. The number of carbonyl (C=O) groups excluding carboxylic acids is 1. The Balaban J connectivity index is 2.02. The lowest BCUT2D eigenvalue weighted by molar-refractivity contribution is -0.137. The number of nitrogens with zero attached hydrogens (tertiary/aromatic N) is 1. The normalized spacial score (nSPS) is 17.6. The maximum Gasteiger partial charge on any atom is 0.416 e. The maximum absolute atomic E-state index is 12.8. The van der Waals surface area contributed by atoms with Gasteiger partial charge in [-0.2, -0.15) is 17.5 Å². The molecule has 0 bridgehead atoms. The number of alkyl carbamates (subject to hydrolysis) is 1. The standard InChI is InChI=1S/C17H23F3N2O4S/c1-16(2,3)26-15(23)21-13-7-9-22(10-8-13)27(24,25)14-6-4-5-12(11-14)17(18,19)20/h4-6,11,13H,7-10H2,1-3H3,(H,21,23). The minimum absolute atomic E-state index is 0.0963. The molecule has 152 valence electrons. The van der Waals surface area contributed by atoms with E-state index in [9.17, 15) is 26.4 Å². The molecule has 1 fully saturated rings. The summed E-state index contributed by atoms with van der Waals surface area (Å²) in [4.78, 5) is 11.4. The molecular formula is C17H23F3N2O4S. The fourth-order valence-corrected chi connectivity index (χ4v) is 4.21. The lowest BCUT2D eigenvalue weighted by Crippen LogP contribution is -2.47. The molecule has 0 unspecified atom stereocenters. The molecule has 0 atom stereocenters. The van der Waals surface area contributed by atoms with Gasteiger partial charge in [-0.25, -0.2) is 13.2 Å². The van der Waals surface area contributed by atoms with E-state index in [1.807, 2.05) is 0 Å². The summed E-state index contributed by atoms with van der Waals surface area (Å²) >= 11 is 0. The summed E-state index contributed by atoms with van der Waals surface area (Å²) in [5, 5.41) is 2.68. The quantitative estimate of drug-likeness (QED) is 0.832. The van der Waals surface area contributed by atoms with E-state index in [-0.39, 0.29) is 19.1 Å². The summed E-state index contributed by atoms with van der Waals surface area (Å²) in [6, 6.07) is 3.44. The number of alkyl halides is 3. The zero-order valence-electron chi connectivity index (χ0n) is 15.3. The van der Waals surface area contributed by atoms with Gasteiger partial charge in [-0.1, -0.05) is 6.07 Å². The highest BCUT2D eigenvalue weighted by Crippen LogP contribution is 2.31. The van der Waals surface area contributed by atoms with E-state index in [4.69, 9.17) is 4.74 Å². The van der Waals surface area contributed by atoms with Crippen LogP contribution in [0.2, 0.25) is 0 Å².